The van der Waals surface area contributed by atoms with Gasteiger partial charge in [-0.1, -0.05) is 30.3 Å². The molecule has 0 saturated carbocycles. The van der Waals surface area contributed by atoms with Gasteiger partial charge in [0.1, 0.15) is 0 Å². The first kappa shape index (κ1) is 12.2. The van der Waals surface area contributed by atoms with Crippen LogP contribution in [0.3, 0.4) is 0 Å². The molecule has 0 spiro atoms. The van der Waals surface area contributed by atoms with Crippen LogP contribution in [0.4, 0.5) is 0 Å². The average Bonchev–Trinajstić information content (AvgIpc) is 2.30. The quantitative estimate of drug-likeness (QED) is 0.696. The lowest BCUT2D eigenvalue weighted by atomic mass is 10.1. The second-order valence-corrected chi connectivity index (χ2v) is 3.20. The van der Waals surface area contributed by atoms with Crippen molar-refractivity contribution < 1.29 is 9.47 Å². The van der Waals surface area contributed by atoms with E-state index in [-0.39, 0.29) is 6.10 Å². The second-order valence-electron chi connectivity index (χ2n) is 3.20. The van der Waals surface area contributed by atoms with E-state index in [0.29, 0.717) is 19.8 Å². The minimum Gasteiger partial charge on any atom is -0.379 e. The van der Waals surface area contributed by atoms with Gasteiger partial charge in [-0.25, -0.2) is 0 Å². The van der Waals surface area contributed by atoms with Crippen molar-refractivity contribution in [2.75, 3.05) is 26.4 Å². The molecule has 0 radical (unpaired) electrons. The first-order valence-corrected chi connectivity index (χ1v) is 5.32. The van der Waals surface area contributed by atoms with Crippen LogP contribution in [0.15, 0.2) is 30.3 Å². The minimum atomic E-state index is -0.0216. The van der Waals surface area contributed by atoms with Crippen LogP contribution in [0.1, 0.15) is 18.6 Å². The number of hydrogen-bond donors (Lipinski definition) is 1. The van der Waals surface area contributed by atoms with Crippen LogP contribution in [-0.4, -0.2) is 26.4 Å². The van der Waals surface area contributed by atoms with Crippen LogP contribution in [-0.2, 0) is 9.47 Å². The zero-order chi connectivity index (χ0) is 10.9. The minimum absolute atomic E-state index is 0.0216. The molecule has 0 aliphatic heterocycles. The molecule has 3 nitrogen and oxygen atoms in total. The molecule has 1 aromatic carbocycles. The van der Waals surface area contributed by atoms with Crippen molar-refractivity contribution in [2.45, 2.75) is 13.0 Å². The van der Waals surface area contributed by atoms with E-state index in [4.69, 9.17) is 15.2 Å². The van der Waals surface area contributed by atoms with E-state index >= 15 is 0 Å². The summed E-state index contributed by atoms with van der Waals surface area (Å²) in [6, 6.07) is 10.0. The molecule has 0 bridgehead atoms. The number of benzene rings is 1. The van der Waals surface area contributed by atoms with Gasteiger partial charge in [0.25, 0.3) is 0 Å². The maximum atomic E-state index is 5.65. The molecule has 1 aromatic rings. The Morgan fingerprint density at radius 1 is 1.20 bits per heavy atom. The number of ether oxygens (including phenoxy) is 2. The average molecular weight is 209 g/mol. The molecular formula is C12H19NO2. The highest BCUT2D eigenvalue weighted by Crippen LogP contribution is 2.14. The van der Waals surface area contributed by atoms with Gasteiger partial charge in [-0.3, -0.25) is 0 Å². The summed E-state index contributed by atoms with van der Waals surface area (Å²) in [7, 11) is 0. The van der Waals surface area contributed by atoms with Crippen molar-refractivity contribution in [3.63, 3.8) is 0 Å². The zero-order valence-electron chi connectivity index (χ0n) is 9.19. The predicted molar refractivity (Wildman–Crippen MR) is 60.7 cm³/mol. The Morgan fingerprint density at radius 3 is 2.53 bits per heavy atom. The third kappa shape index (κ3) is 4.42. The van der Waals surface area contributed by atoms with Gasteiger partial charge < -0.3 is 15.2 Å². The Hall–Kier alpha value is -0.900. The maximum absolute atomic E-state index is 5.65. The largest absolute Gasteiger partial charge is 0.379 e. The molecule has 0 aliphatic rings. The van der Waals surface area contributed by atoms with Crippen molar-refractivity contribution >= 4 is 0 Å². The van der Waals surface area contributed by atoms with E-state index in [9.17, 15) is 0 Å². The fraction of sp³-hybridized carbons (Fsp3) is 0.500. The molecule has 0 fully saturated rings. The molecule has 0 aromatic heterocycles. The predicted octanol–water partition coefficient (Wildman–Crippen LogP) is 1.74. The van der Waals surface area contributed by atoms with Gasteiger partial charge in [0, 0.05) is 13.2 Å². The summed E-state index contributed by atoms with van der Waals surface area (Å²) in [5, 5.41) is 0. The van der Waals surface area contributed by atoms with Crippen LogP contribution in [0, 0.1) is 0 Å². The number of hydrogen-bond acceptors (Lipinski definition) is 3. The Morgan fingerprint density at radius 2 is 1.93 bits per heavy atom. The third-order valence-corrected chi connectivity index (χ3v) is 2.14. The van der Waals surface area contributed by atoms with E-state index < -0.39 is 0 Å². The van der Waals surface area contributed by atoms with Crippen molar-refractivity contribution in [2.24, 2.45) is 5.73 Å². The van der Waals surface area contributed by atoms with Crippen molar-refractivity contribution in [3.05, 3.63) is 35.9 Å². The Kier molecular flexibility index (Phi) is 6.00. The Labute approximate surface area is 91.2 Å². The summed E-state index contributed by atoms with van der Waals surface area (Å²) >= 11 is 0. The molecule has 0 amide bonds. The first-order valence-electron chi connectivity index (χ1n) is 5.32. The van der Waals surface area contributed by atoms with Crippen LogP contribution in [0.25, 0.3) is 0 Å². The van der Waals surface area contributed by atoms with Crippen molar-refractivity contribution in [1.82, 2.24) is 0 Å². The van der Waals surface area contributed by atoms with Crippen molar-refractivity contribution in [3.8, 4) is 0 Å². The van der Waals surface area contributed by atoms with Gasteiger partial charge >= 0.3 is 0 Å². The third-order valence-electron chi connectivity index (χ3n) is 2.14. The highest BCUT2D eigenvalue weighted by molar-refractivity contribution is 5.17. The van der Waals surface area contributed by atoms with Crippen LogP contribution < -0.4 is 5.73 Å². The van der Waals surface area contributed by atoms with Gasteiger partial charge in [-0.2, -0.15) is 0 Å². The zero-order valence-corrected chi connectivity index (χ0v) is 9.19. The molecule has 2 N–H and O–H groups in total. The smallest absolute Gasteiger partial charge is 0.0948 e. The SMILES string of the molecule is CCOCCOC(CN)c1ccccc1. The van der Waals surface area contributed by atoms with Gasteiger partial charge in [-0.05, 0) is 12.5 Å². The summed E-state index contributed by atoms with van der Waals surface area (Å²) in [6.45, 7) is 4.40. The van der Waals surface area contributed by atoms with E-state index in [1.165, 1.54) is 0 Å². The molecule has 0 heterocycles. The fourth-order valence-corrected chi connectivity index (χ4v) is 1.36. The van der Waals surface area contributed by atoms with Crippen LogP contribution in [0.5, 0.6) is 0 Å². The summed E-state index contributed by atoms with van der Waals surface area (Å²) in [5.41, 5.74) is 6.78. The number of nitrogens with two attached hydrogens (primary N) is 1. The first-order chi connectivity index (χ1) is 7.38. The second kappa shape index (κ2) is 7.40. The monoisotopic (exact) mass is 209 g/mol. The summed E-state index contributed by atoms with van der Waals surface area (Å²) in [6.07, 6.45) is -0.0216. The lowest BCUT2D eigenvalue weighted by Gasteiger charge is -2.16. The molecule has 0 saturated heterocycles. The summed E-state index contributed by atoms with van der Waals surface area (Å²) < 4.78 is 10.8. The Balaban J connectivity index is 2.36. The topological polar surface area (TPSA) is 44.5 Å². The highest BCUT2D eigenvalue weighted by atomic mass is 16.5. The summed E-state index contributed by atoms with van der Waals surface area (Å²) in [5.74, 6) is 0. The molecule has 15 heavy (non-hydrogen) atoms. The van der Waals surface area contributed by atoms with Crippen molar-refractivity contribution in [1.29, 1.82) is 0 Å². The molecule has 84 valence electrons. The van der Waals surface area contributed by atoms with Gasteiger partial charge in [-0.15, -0.1) is 0 Å². The van der Waals surface area contributed by atoms with Crippen LogP contribution in [0.2, 0.25) is 0 Å². The van der Waals surface area contributed by atoms with E-state index in [1.54, 1.807) is 0 Å². The van der Waals surface area contributed by atoms with E-state index in [0.717, 1.165) is 12.2 Å². The molecule has 1 rings (SSSR count). The lowest BCUT2D eigenvalue weighted by Crippen LogP contribution is -2.18. The van der Waals surface area contributed by atoms with Crippen LogP contribution >= 0.6 is 0 Å². The molecular weight excluding hydrogens is 190 g/mol. The number of rotatable bonds is 7. The molecule has 3 heteroatoms. The molecule has 0 aliphatic carbocycles. The van der Waals surface area contributed by atoms with Gasteiger partial charge in [0.15, 0.2) is 0 Å². The Bertz CT molecular complexity index is 251. The van der Waals surface area contributed by atoms with Gasteiger partial charge in [0.05, 0.1) is 19.3 Å². The van der Waals surface area contributed by atoms with E-state index in [2.05, 4.69) is 0 Å². The standard InChI is InChI=1S/C12H19NO2/c1-2-14-8-9-15-12(10-13)11-6-4-3-5-7-11/h3-7,12H,2,8-10,13H2,1H3. The fourth-order valence-electron chi connectivity index (χ4n) is 1.36. The lowest BCUT2D eigenvalue weighted by molar-refractivity contribution is 0.0104. The highest BCUT2D eigenvalue weighted by Gasteiger charge is 2.08. The molecule has 1 unspecified atom stereocenters. The van der Waals surface area contributed by atoms with Gasteiger partial charge in [0.2, 0.25) is 0 Å². The molecule has 1 atom stereocenters. The van der Waals surface area contributed by atoms with E-state index in [1.807, 2.05) is 37.3 Å². The normalized spacial score (nSPS) is 12.7. The summed E-state index contributed by atoms with van der Waals surface area (Å²) in [4.78, 5) is 0. The maximum Gasteiger partial charge on any atom is 0.0948 e.